The number of aryl methyl sites for hydroxylation is 3. The number of carbonyl (C=O) groups excluding carboxylic acids is 1. The fourth-order valence-corrected chi connectivity index (χ4v) is 5.79. The van der Waals surface area contributed by atoms with Gasteiger partial charge in [-0.15, -0.1) is 11.3 Å². The van der Waals surface area contributed by atoms with Crippen LogP contribution in [-0.2, 0) is 37.1 Å². The normalized spacial score (nSPS) is 13.2. The van der Waals surface area contributed by atoms with Crippen molar-refractivity contribution in [1.82, 2.24) is 9.13 Å². The SMILES string of the molecule is CCc1ccc(NC(=O)Cn2c(=O)n(Cc3ccco3)c(=O)c3c4c(sc32)CCCC4)cc1. The van der Waals surface area contributed by atoms with E-state index in [9.17, 15) is 14.4 Å². The summed E-state index contributed by atoms with van der Waals surface area (Å²) >= 11 is 1.47. The Labute approximate surface area is 194 Å². The highest BCUT2D eigenvalue weighted by Crippen LogP contribution is 2.34. The number of hydrogen-bond acceptors (Lipinski definition) is 5. The monoisotopic (exact) mass is 463 g/mol. The van der Waals surface area contributed by atoms with Gasteiger partial charge in [0.2, 0.25) is 5.91 Å². The van der Waals surface area contributed by atoms with E-state index < -0.39 is 5.69 Å². The molecule has 1 amide bonds. The van der Waals surface area contributed by atoms with Crippen molar-refractivity contribution in [1.29, 1.82) is 0 Å². The summed E-state index contributed by atoms with van der Waals surface area (Å²) in [6.07, 6.45) is 6.24. The van der Waals surface area contributed by atoms with E-state index >= 15 is 0 Å². The van der Waals surface area contributed by atoms with Crippen molar-refractivity contribution in [3.63, 3.8) is 0 Å². The van der Waals surface area contributed by atoms with Crippen LogP contribution in [0.3, 0.4) is 0 Å². The number of hydrogen-bond donors (Lipinski definition) is 1. The lowest BCUT2D eigenvalue weighted by Crippen LogP contribution is -2.41. The van der Waals surface area contributed by atoms with Gasteiger partial charge in [-0.2, -0.15) is 0 Å². The van der Waals surface area contributed by atoms with Crippen molar-refractivity contribution >= 4 is 33.1 Å². The van der Waals surface area contributed by atoms with Gasteiger partial charge < -0.3 is 9.73 Å². The number of nitrogens with one attached hydrogen (secondary N) is 1. The molecule has 4 aromatic rings. The number of aromatic nitrogens is 2. The third-order valence-corrected chi connectivity index (χ3v) is 7.48. The fraction of sp³-hybridized carbons (Fsp3) is 0.320. The Morgan fingerprint density at radius 1 is 1.09 bits per heavy atom. The Balaban J connectivity index is 1.57. The second-order valence-electron chi connectivity index (χ2n) is 8.33. The van der Waals surface area contributed by atoms with Crippen molar-refractivity contribution in [3.8, 4) is 0 Å². The molecular formula is C25H25N3O4S. The Morgan fingerprint density at radius 2 is 1.88 bits per heavy atom. The minimum atomic E-state index is -0.501. The van der Waals surface area contributed by atoms with Gasteiger partial charge in [-0.25, -0.2) is 4.79 Å². The summed E-state index contributed by atoms with van der Waals surface area (Å²) in [4.78, 5) is 41.5. The highest BCUT2D eigenvalue weighted by atomic mass is 32.1. The molecule has 0 unspecified atom stereocenters. The maximum absolute atomic E-state index is 13.4. The quantitative estimate of drug-likeness (QED) is 0.469. The molecule has 170 valence electrons. The summed E-state index contributed by atoms with van der Waals surface area (Å²) < 4.78 is 8.02. The number of furan rings is 1. The number of thiophene rings is 1. The smallest absolute Gasteiger partial charge is 0.333 e. The maximum Gasteiger partial charge on any atom is 0.333 e. The van der Waals surface area contributed by atoms with E-state index in [1.54, 1.807) is 12.1 Å². The molecule has 0 atom stereocenters. The Hall–Kier alpha value is -3.39. The number of nitrogens with zero attached hydrogens (tertiary/aromatic N) is 2. The zero-order valence-corrected chi connectivity index (χ0v) is 19.2. The molecule has 0 bridgehead atoms. The average molecular weight is 464 g/mol. The summed E-state index contributed by atoms with van der Waals surface area (Å²) in [6.45, 7) is 1.94. The van der Waals surface area contributed by atoms with Crippen LogP contribution in [0.5, 0.6) is 0 Å². The predicted molar refractivity (Wildman–Crippen MR) is 129 cm³/mol. The summed E-state index contributed by atoms with van der Waals surface area (Å²) in [5.74, 6) is 0.210. The van der Waals surface area contributed by atoms with Gasteiger partial charge in [-0.3, -0.25) is 18.7 Å². The first-order chi connectivity index (χ1) is 16.0. The Morgan fingerprint density at radius 3 is 2.61 bits per heavy atom. The second-order valence-corrected chi connectivity index (χ2v) is 9.41. The van der Waals surface area contributed by atoms with Gasteiger partial charge in [0.25, 0.3) is 5.56 Å². The van der Waals surface area contributed by atoms with Crippen LogP contribution in [0.25, 0.3) is 10.2 Å². The molecule has 1 aliphatic rings. The molecule has 1 aliphatic carbocycles. The van der Waals surface area contributed by atoms with Gasteiger partial charge in [0.1, 0.15) is 17.1 Å². The third kappa shape index (κ3) is 4.06. The fourth-order valence-electron chi connectivity index (χ4n) is 4.42. The molecule has 0 aliphatic heterocycles. The van der Waals surface area contributed by atoms with Crippen LogP contribution in [0.4, 0.5) is 5.69 Å². The standard InChI is InChI=1S/C25H25N3O4S/c1-2-16-9-11-17(12-10-16)26-21(29)15-28-24-22(19-7-3-4-8-20(19)33-24)23(30)27(25(28)31)14-18-6-5-13-32-18/h5-6,9-13H,2-4,7-8,14-15H2,1H3,(H,26,29). The van der Waals surface area contributed by atoms with Crippen LogP contribution >= 0.6 is 11.3 Å². The van der Waals surface area contributed by atoms with E-state index in [1.807, 2.05) is 24.3 Å². The van der Waals surface area contributed by atoms with E-state index in [4.69, 9.17) is 4.42 Å². The summed E-state index contributed by atoms with van der Waals surface area (Å²) in [7, 11) is 0. The number of carbonyl (C=O) groups is 1. The van der Waals surface area contributed by atoms with Crippen molar-refractivity contribution in [2.24, 2.45) is 0 Å². The van der Waals surface area contributed by atoms with Gasteiger partial charge in [0, 0.05) is 10.6 Å². The molecule has 7 nitrogen and oxygen atoms in total. The molecule has 0 saturated carbocycles. The summed E-state index contributed by atoms with van der Waals surface area (Å²) in [6, 6.07) is 11.1. The zero-order chi connectivity index (χ0) is 22.9. The molecule has 5 rings (SSSR count). The first-order valence-electron chi connectivity index (χ1n) is 11.2. The first-order valence-corrected chi connectivity index (χ1v) is 12.1. The predicted octanol–water partition coefficient (Wildman–Crippen LogP) is 3.95. The van der Waals surface area contributed by atoms with Crippen LogP contribution in [0.1, 0.15) is 41.5 Å². The number of benzene rings is 1. The van der Waals surface area contributed by atoms with Crippen LogP contribution in [0, 0.1) is 0 Å². The van der Waals surface area contributed by atoms with Crippen LogP contribution in [0.15, 0.2) is 56.7 Å². The number of amides is 1. The third-order valence-electron chi connectivity index (χ3n) is 6.16. The molecule has 8 heteroatoms. The Bertz CT molecular complexity index is 1430. The average Bonchev–Trinajstić information content (AvgIpc) is 3.48. The van der Waals surface area contributed by atoms with Gasteiger partial charge in [0.15, 0.2) is 0 Å². The first kappa shape index (κ1) is 21.5. The van der Waals surface area contributed by atoms with E-state index in [2.05, 4.69) is 12.2 Å². The Kier molecular flexibility index (Phi) is 5.76. The lowest BCUT2D eigenvalue weighted by molar-refractivity contribution is -0.116. The lowest BCUT2D eigenvalue weighted by atomic mass is 9.97. The minimum Gasteiger partial charge on any atom is -0.467 e. The van der Waals surface area contributed by atoms with Gasteiger partial charge in [-0.05, 0) is 67.5 Å². The van der Waals surface area contributed by atoms with Crippen LogP contribution in [-0.4, -0.2) is 15.0 Å². The molecule has 3 heterocycles. The van der Waals surface area contributed by atoms with E-state index in [0.717, 1.165) is 42.5 Å². The largest absolute Gasteiger partial charge is 0.467 e. The van der Waals surface area contributed by atoms with Crippen molar-refractivity contribution in [2.75, 3.05) is 5.32 Å². The maximum atomic E-state index is 13.4. The number of rotatable bonds is 6. The topological polar surface area (TPSA) is 86.2 Å². The molecule has 3 aromatic heterocycles. The molecule has 0 saturated heterocycles. The number of fused-ring (bicyclic) bond motifs is 3. The molecule has 0 spiro atoms. The molecule has 0 fully saturated rings. The van der Waals surface area contributed by atoms with Crippen molar-refractivity contribution in [3.05, 3.63) is 85.3 Å². The second kappa shape index (κ2) is 8.86. The van der Waals surface area contributed by atoms with Crippen LogP contribution in [0.2, 0.25) is 0 Å². The molecule has 33 heavy (non-hydrogen) atoms. The highest BCUT2D eigenvalue weighted by molar-refractivity contribution is 7.18. The molecule has 0 radical (unpaired) electrons. The van der Waals surface area contributed by atoms with Crippen molar-refractivity contribution in [2.45, 2.75) is 52.1 Å². The lowest BCUT2D eigenvalue weighted by Gasteiger charge is -2.13. The molecule has 1 aromatic carbocycles. The van der Waals surface area contributed by atoms with Gasteiger partial charge in [0.05, 0.1) is 18.2 Å². The van der Waals surface area contributed by atoms with E-state index in [-0.39, 0.29) is 24.6 Å². The molecular weight excluding hydrogens is 438 g/mol. The number of anilines is 1. The minimum absolute atomic E-state index is 0.0331. The summed E-state index contributed by atoms with van der Waals surface area (Å²) in [5, 5.41) is 3.45. The highest BCUT2D eigenvalue weighted by Gasteiger charge is 2.24. The molecule has 1 N–H and O–H groups in total. The van der Waals surface area contributed by atoms with Crippen LogP contribution < -0.4 is 16.6 Å². The summed E-state index contributed by atoms with van der Waals surface area (Å²) in [5.41, 5.74) is 2.08. The van der Waals surface area contributed by atoms with E-state index in [0.29, 0.717) is 21.7 Å². The van der Waals surface area contributed by atoms with Crippen molar-refractivity contribution < 1.29 is 9.21 Å². The van der Waals surface area contributed by atoms with Gasteiger partial charge >= 0.3 is 5.69 Å². The zero-order valence-electron chi connectivity index (χ0n) is 18.4. The van der Waals surface area contributed by atoms with E-state index in [1.165, 1.54) is 32.3 Å². The van der Waals surface area contributed by atoms with Gasteiger partial charge in [-0.1, -0.05) is 19.1 Å².